The number of carbonyl (C=O) groups is 2. The van der Waals surface area contributed by atoms with Gasteiger partial charge in [0.1, 0.15) is 22.9 Å². The number of carboxylic acids is 1. The van der Waals surface area contributed by atoms with Crippen LogP contribution in [-0.2, 0) is 27.9 Å². The number of nitrogens with one attached hydrogen (secondary N) is 1. The lowest BCUT2D eigenvalue weighted by Crippen LogP contribution is -2.25. The summed E-state index contributed by atoms with van der Waals surface area (Å²) >= 11 is 0. The van der Waals surface area contributed by atoms with Crippen LogP contribution < -0.4 is 10.1 Å². The standard InChI is InChI=1S/C15H19N5O6S/c1-19(2)27(24,25)13-6-10(4-5-12(13)26-3)15(23)16-7-11-8-20(18-17-11)9-14(21)22/h4-6,8H,7,9H2,1-3H3,(H,16,23)(H,21,22). The topological polar surface area (TPSA) is 144 Å². The monoisotopic (exact) mass is 397 g/mol. The molecule has 0 bridgehead atoms. The van der Waals surface area contributed by atoms with Crippen molar-refractivity contribution < 1.29 is 27.9 Å². The van der Waals surface area contributed by atoms with Crippen molar-refractivity contribution in [2.24, 2.45) is 0 Å². The molecule has 0 aliphatic heterocycles. The maximum atomic E-state index is 12.4. The van der Waals surface area contributed by atoms with Crippen molar-refractivity contribution in [2.75, 3.05) is 21.2 Å². The molecule has 0 aliphatic rings. The van der Waals surface area contributed by atoms with Gasteiger partial charge < -0.3 is 15.2 Å². The Balaban J connectivity index is 2.17. The van der Waals surface area contributed by atoms with E-state index in [-0.39, 0.29) is 29.3 Å². The fourth-order valence-electron chi connectivity index (χ4n) is 2.12. The summed E-state index contributed by atoms with van der Waals surface area (Å²) < 4.78 is 32.0. The van der Waals surface area contributed by atoms with Crippen molar-refractivity contribution >= 4 is 21.9 Å². The van der Waals surface area contributed by atoms with Crippen LogP contribution in [0.15, 0.2) is 29.3 Å². The van der Waals surface area contributed by atoms with Gasteiger partial charge in [0.05, 0.1) is 19.9 Å². The minimum atomic E-state index is -3.80. The average molecular weight is 397 g/mol. The lowest BCUT2D eigenvalue weighted by atomic mass is 10.2. The highest BCUT2D eigenvalue weighted by molar-refractivity contribution is 7.89. The molecule has 146 valence electrons. The first-order chi connectivity index (χ1) is 12.6. The van der Waals surface area contributed by atoms with E-state index in [0.717, 1.165) is 8.99 Å². The third-order valence-electron chi connectivity index (χ3n) is 3.50. The smallest absolute Gasteiger partial charge is 0.325 e. The van der Waals surface area contributed by atoms with Crippen LogP contribution in [0.1, 0.15) is 16.1 Å². The Morgan fingerprint density at radius 1 is 1.33 bits per heavy atom. The van der Waals surface area contributed by atoms with Crippen molar-refractivity contribution in [1.82, 2.24) is 24.6 Å². The van der Waals surface area contributed by atoms with Crippen molar-refractivity contribution in [1.29, 1.82) is 0 Å². The number of aliphatic carboxylic acids is 1. The van der Waals surface area contributed by atoms with E-state index in [2.05, 4.69) is 15.6 Å². The maximum Gasteiger partial charge on any atom is 0.325 e. The molecular weight excluding hydrogens is 378 g/mol. The highest BCUT2D eigenvalue weighted by Crippen LogP contribution is 2.26. The molecule has 2 N–H and O–H groups in total. The number of carboxylic acid groups (broad SMARTS) is 1. The van der Waals surface area contributed by atoms with Gasteiger partial charge in [-0.2, -0.15) is 0 Å². The molecule has 2 rings (SSSR count). The molecule has 1 aromatic heterocycles. The Morgan fingerprint density at radius 2 is 2.04 bits per heavy atom. The van der Waals surface area contributed by atoms with E-state index in [1.165, 1.54) is 45.6 Å². The van der Waals surface area contributed by atoms with Crippen molar-refractivity contribution in [3.8, 4) is 5.75 Å². The van der Waals surface area contributed by atoms with Crippen LogP contribution in [0.3, 0.4) is 0 Å². The number of hydrogen-bond acceptors (Lipinski definition) is 7. The van der Waals surface area contributed by atoms with E-state index in [4.69, 9.17) is 9.84 Å². The Labute approximate surface area is 155 Å². The van der Waals surface area contributed by atoms with Crippen molar-refractivity contribution in [2.45, 2.75) is 18.0 Å². The number of aromatic nitrogens is 3. The first-order valence-electron chi connectivity index (χ1n) is 7.64. The summed E-state index contributed by atoms with van der Waals surface area (Å²) in [4.78, 5) is 22.8. The number of ether oxygens (including phenoxy) is 1. The van der Waals surface area contributed by atoms with E-state index in [1.54, 1.807) is 0 Å². The molecule has 0 unspecified atom stereocenters. The van der Waals surface area contributed by atoms with Gasteiger partial charge >= 0.3 is 5.97 Å². The zero-order valence-electron chi connectivity index (χ0n) is 14.9. The maximum absolute atomic E-state index is 12.4. The summed E-state index contributed by atoms with van der Waals surface area (Å²) in [6.45, 7) is -0.342. The largest absolute Gasteiger partial charge is 0.495 e. The molecule has 1 heterocycles. The van der Waals surface area contributed by atoms with Crippen LogP contribution in [0.5, 0.6) is 5.75 Å². The first-order valence-corrected chi connectivity index (χ1v) is 9.08. The number of amides is 1. The predicted molar refractivity (Wildman–Crippen MR) is 92.7 cm³/mol. The molecule has 12 heteroatoms. The molecule has 1 amide bonds. The Hall–Kier alpha value is -2.99. The molecule has 0 saturated heterocycles. The lowest BCUT2D eigenvalue weighted by molar-refractivity contribution is -0.137. The Kier molecular flexibility index (Phi) is 6.13. The molecule has 11 nitrogen and oxygen atoms in total. The van der Waals surface area contributed by atoms with E-state index < -0.39 is 21.9 Å². The second-order valence-corrected chi connectivity index (χ2v) is 7.76. The molecule has 0 radical (unpaired) electrons. The van der Waals surface area contributed by atoms with Crippen LogP contribution >= 0.6 is 0 Å². The number of hydrogen-bond donors (Lipinski definition) is 2. The van der Waals surface area contributed by atoms with Gasteiger partial charge in [-0.15, -0.1) is 5.10 Å². The van der Waals surface area contributed by atoms with Gasteiger partial charge in [-0.1, -0.05) is 5.21 Å². The summed E-state index contributed by atoms with van der Waals surface area (Å²) in [5.41, 5.74) is 0.480. The van der Waals surface area contributed by atoms with Crippen LogP contribution in [0.2, 0.25) is 0 Å². The van der Waals surface area contributed by atoms with E-state index in [1.807, 2.05) is 0 Å². The van der Waals surface area contributed by atoms with Gasteiger partial charge in [0.2, 0.25) is 10.0 Å². The third kappa shape index (κ3) is 4.80. The SMILES string of the molecule is COc1ccc(C(=O)NCc2cn(CC(=O)O)nn2)cc1S(=O)(=O)N(C)C. The summed E-state index contributed by atoms with van der Waals surface area (Å²) in [5, 5.41) is 18.7. The lowest BCUT2D eigenvalue weighted by Gasteiger charge is -2.15. The molecule has 2 aromatic rings. The molecule has 27 heavy (non-hydrogen) atoms. The van der Waals surface area contributed by atoms with Gasteiger partial charge in [-0.3, -0.25) is 9.59 Å². The fraction of sp³-hybridized carbons (Fsp3) is 0.333. The number of rotatable bonds is 8. The number of carbonyl (C=O) groups excluding carboxylic acids is 1. The summed E-state index contributed by atoms with van der Waals surface area (Å²) in [5.74, 6) is -1.47. The second kappa shape index (κ2) is 8.14. The zero-order valence-corrected chi connectivity index (χ0v) is 15.7. The third-order valence-corrected chi connectivity index (χ3v) is 5.33. The Bertz CT molecular complexity index is 953. The van der Waals surface area contributed by atoms with Crippen LogP contribution in [0.4, 0.5) is 0 Å². The number of methoxy groups -OCH3 is 1. The van der Waals surface area contributed by atoms with Crippen LogP contribution in [0.25, 0.3) is 0 Å². The number of nitrogens with zero attached hydrogens (tertiary/aromatic N) is 4. The molecular formula is C15H19N5O6S. The van der Waals surface area contributed by atoms with Crippen molar-refractivity contribution in [3.63, 3.8) is 0 Å². The quantitative estimate of drug-likeness (QED) is 0.610. The number of sulfonamides is 1. The van der Waals surface area contributed by atoms with Gasteiger partial charge in [-0.25, -0.2) is 17.4 Å². The summed E-state index contributed by atoms with van der Waals surface area (Å²) in [6, 6.07) is 4.06. The van der Waals surface area contributed by atoms with Gasteiger partial charge in [0.25, 0.3) is 5.91 Å². The van der Waals surface area contributed by atoms with Crippen LogP contribution in [-0.4, -0.2) is 65.9 Å². The Morgan fingerprint density at radius 3 is 2.63 bits per heavy atom. The zero-order chi connectivity index (χ0) is 20.2. The van der Waals surface area contributed by atoms with Gasteiger partial charge in [-0.05, 0) is 18.2 Å². The summed E-state index contributed by atoms with van der Waals surface area (Å²) in [7, 11) is 0.287. The molecule has 0 saturated carbocycles. The normalized spacial score (nSPS) is 11.4. The van der Waals surface area contributed by atoms with E-state index in [0.29, 0.717) is 5.69 Å². The fourth-order valence-corrected chi connectivity index (χ4v) is 3.20. The van der Waals surface area contributed by atoms with Gasteiger partial charge in [0, 0.05) is 19.7 Å². The van der Waals surface area contributed by atoms with Gasteiger partial charge in [0.15, 0.2) is 0 Å². The molecule has 0 atom stereocenters. The average Bonchev–Trinajstić information content (AvgIpc) is 3.05. The summed E-state index contributed by atoms with van der Waals surface area (Å²) in [6.07, 6.45) is 1.39. The molecule has 1 aromatic carbocycles. The highest BCUT2D eigenvalue weighted by atomic mass is 32.2. The predicted octanol–water partition coefficient (Wildman–Crippen LogP) is -0.448. The minimum Gasteiger partial charge on any atom is -0.495 e. The first kappa shape index (κ1) is 20.3. The van der Waals surface area contributed by atoms with E-state index in [9.17, 15) is 18.0 Å². The van der Waals surface area contributed by atoms with Crippen LogP contribution in [0, 0.1) is 0 Å². The van der Waals surface area contributed by atoms with Crippen molar-refractivity contribution in [3.05, 3.63) is 35.7 Å². The molecule has 0 fully saturated rings. The molecule has 0 aliphatic carbocycles. The molecule has 0 spiro atoms. The second-order valence-electron chi connectivity index (χ2n) is 5.64. The minimum absolute atomic E-state index is 0.000244. The highest BCUT2D eigenvalue weighted by Gasteiger charge is 2.24. The van der Waals surface area contributed by atoms with E-state index >= 15 is 0 Å². The number of benzene rings is 1.